The third-order valence-corrected chi connectivity index (χ3v) is 5.01. The van der Waals surface area contributed by atoms with E-state index in [1.54, 1.807) is 11.3 Å². The van der Waals surface area contributed by atoms with Crippen molar-refractivity contribution in [3.63, 3.8) is 0 Å². The normalized spacial score (nSPS) is 10.8. The molecule has 0 aliphatic rings. The number of aromatic nitrogens is 2. The summed E-state index contributed by atoms with van der Waals surface area (Å²) in [6.07, 6.45) is 2.67. The first-order chi connectivity index (χ1) is 10.2. The molecule has 0 saturated carbocycles. The summed E-state index contributed by atoms with van der Waals surface area (Å²) < 4.78 is 2.84. The van der Waals surface area contributed by atoms with Gasteiger partial charge in [-0.3, -0.25) is 9.48 Å². The molecule has 0 spiro atoms. The number of hydrogen-bond donors (Lipinski definition) is 0. The Balaban J connectivity index is 1.96. The van der Waals surface area contributed by atoms with Gasteiger partial charge < -0.3 is 0 Å². The van der Waals surface area contributed by atoms with Crippen LogP contribution in [0.4, 0.5) is 0 Å². The molecule has 0 unspecified atom stereocenters. The maximum Gasteiger partial charge on any atom is 0.153 e. The Morgan fingerprint density at radius 3 is 2.86 bits per heavy atom. The highest BCUT2D eigenvalue weighted by atomic mass is 79.9. The van der Waals surface area contributed by atoms with Crippen LogP contribution in [0.5, 0.6) is 0 Å². The molecule has 3 nitrogen and oxygen atoms in total. The number of carbonyl (C=O) groups is 1. The topological polar surface area (TPSA) is 34.9 Å². The second-order valence-corrected chi connectivity index (χ2v) is 6.63. The van der Waals surface area contributed by atoms with E-state index in [0.29, 0.717) is 12.1 Å². The fraction of sp³-hybridized carbons (Fsp3) is 0.125. The van der Waals surface area contributed by atoms with Crippen LogP contribution in [0.25, 0.3) is 10.6 Å². The zero-order valence-electron chi connectivity index (χ0n) is 11.4. The minimum Gasteiger partial charge on any atom is -0.298 e. The number of rotatable bonds is 4. The zero-order valence-corrected chi connectivity index (χ0v) is 13.8. The van der Waals surface area contributed by atoms with Crippen molar-refractivity contribution >= 4 is 33.6 Å². The zero-order chi connectivity index (χ0) is 14.8. The Bertz CT molecular complexity index is 791. The van der Waals surface area contributed by atoms with Gasteiger partial charge in [-0.25, -0.2) is 0 Å². The molecule has 0 aliphatic heterocycles. The molecule has 1 aromatic carbocycles. The van der Waals surface area contributed by atoms with E-state index in [-0.39, 0.29) is 0 Å². The number of hydrogen-bond acceptors (Lipinski definition) is 3. The number of aldehydes is 1. The molecule has 0 fully saturated rings. The van der Waals surface area contributed by atoms with Gasteiger partial charge in [0.05, 0.1) is 17.0 Å². The molecule has 106 valence electrons. The first kappa shape index (κ1) is 14.2. The predicted molar refractivity (Wildman–Crippen MR) is 88.9 cm³/mol. The summed E-state index contributed by atoms with van der Waals surface area (Å²) in [4.78, 5) is 12.3. The lowest BCUT2D eigenvalue weighted by atomic mass is 10.1. The monoisotopic (exact) mass is 360 g/mol. The quantitative estimate of drug-likeness (QED) is 0.640. The predicted octanol–water partition coefficient (Wildman–Crippen LogP) is 4.54. The largest absolute Gasteiger partial charge is 0.298 e. The van der Waals surface area contributed by atoms with Crippen LogP contribution in [0.2, 0.25) is 0 Å². The minimum absolute atomic E-state index is 0.623. The van der Waals surface area contributed by atoms with Crippen molar-refractivity contribution in [1.82, 2.24) is 9.78 Å². The summed E-state index contributed by atoms with van der Waals surface area (Å²) in [5.41, 5.74) is 3.80. The van der Waals surface area contributed by atoms with Gasteiger partial charge in [-0.05, 0) is 40.0 Å². The number of carbonyl (C=O) groups excluding carboxylic acids is 1. The van der Waals surface area contributed by atoms with Gasteiger partial charge in [0.1, 0.15) is 5.69 Å². The van der Waals surface area contributed by atoms with Gasteiger partial charge in [0, 0.05) is 16.0 Å². The molecule has 3 rings (SSSR count). The van der Waals surface area contributed by atoms with Crippen molar-refractivity contribution in [1.29, 1.82) is 0 Å². The van der Waals surface area contributed by atoms with Crippen molar-refractivity contribution in [3.8, 4) is 10.6 Å². The van der Waals surface area contributed by atoms with Crippen LogP contribution in [-0.2, 0) is 6.54 Å². The number of aryl methyl sites for hydroxylation is 1. The SMILES string of the molecule is Cc1ccccc1Cn1cc(C=O)c(-c2cc(Br)cs2)n1. The Hall–Kier alpha value is -1.72. The third-order valence-electron chi connectivity index (χ3n) is 3.31. The average molecular weight is 361 g/mol. The van der Waals surface area contributed by atoms with Gasteiger partial charge >= 0.3 is 0 Å². The summed E-state index contributed by atoms with van der Waals surface area (Å²) >= 11 is 5.01. The van der Waals surface area contributed by atoms with Crippen LogP contribution in [0.15, 0.2) is 46.4 Å². The minimum atomic E-state index is 0.623. The van der Waals surface area contributed by atoms with E-state index < -0.39 is 0 Å². The van der Waals surface area contributed by atoms with E-state index in [0.717, 1.165) is 21.3 Å². The van der Waals surface area contributed by atoms with Crippen LogP contribution < -0.4 is 0 Å². The summed E-state index contributed by atoms with van der Waals surface area (Å²) in [5.74, 6) is 0. The Kier molecular flexibility index (Phi) is 4.03. The lowest BCUT2D eigenvalue weighted by molar-refractivity contribution is 0.112. The van der Waals surface area contributed by atoms with E-state index in [1.807, 2.05) is 34.5 Å². The Labute approximate surface area is 135 Å². The van der Waals surface area contributed by atoms with Crippen molar-refractivity contribution in [2.75, 3.05) is 0 Å². The molecular weight excluding hydrogens is 348 g/mol. The molecule has 0 atom stereocenters. The van der Waals surface area contributed by atoms with Crippen LogP contribution in [0.3, 0.4) is 0 Å². The first-order valence-electron chi connectivity index (χ1n) is 6.49. The maximum atomic E-state index is 11.3. The number of thiophene rings is 1. The van der Waals surface area contributed by atoms with Crippen molar-refractivity contribution in [3.05, 3.63) is 63.1 Å². The molecule has 0 saturated heterocycles. The molecule has 5 heteroatoms. The summed E-state index contributed by atoms with van der Waals surface area (Å²) in [5, 5.41) is 6.57. The van der Waals surface area contributed by atoms with Crippen molar-refractivity contribution in [2.45, 2.75) is 13.5 Å². The van der Waals surface area contributed by atoms with E-state index in [1.165, 1.54) is 11.1 Å². The Morgan fingerprint density at radius 1 is 1.38 bits per heavy atom. The second-order valence-electron chi connectivity index (χ2n) is 4.80. The van der Waals surface area contributed by atoms with Gasteiger partial charge in [0.25, 0.3) is 0 Å². The second kappa shape index (κ2) is 5.95. The van der Waals surface area contributed by atoms with Crippen molar-refractivity contribution < 1.29 is 4.79 Å². The van der Waals surface area contributed by atoms with Gasteiger partial charge in [-0.15, -0.1) is 11.3 Å². The van der Waals surface area contributed by atoms with Crippen LogP contribution in [0, 0.1) is 6.92 Å². The number of halogens is 1. The number of benzene rings is 1. The van der Waals surface area contributed by atoms with Gasteiger partial charge in [0.2, 0.25) is 0 Å². The number of nitrogens with zero attached hydrogens (tertiary/aromatic N) is 2. The highest BCUT2D eigenvalue weighted by molar-refractivity contribution is 9.10. The van der Waals surface area contributed by atoms with Gasteiger partial charge in [-0.1, -0.05) is 24.3 Å². The van der Waals surface area contributed by atoms with E-state index in [4.69, 9.17) is 0 Å². The lowest BCUT2D eigenvalue weighted by Gasteiger charge is -2.05. The maximum absolute atomic E-state index is 11.3. The molecule has 2 aromatic heterocycles. The van der Waals surface area contributed by atoms with Crippen molar-refractivity contribution in [2.24, 2.45) is 0 Å². The summed E-state index contributed by atoms with van der Waals surface area (Å²) in [7, 11) is 0. The smallest absolute Gasteiger partial charge is 0.153 e. The Morgan fingerprint density at radius 2 is 2.19 bits per heavy atom. The van der Waals surface area contributed by atoms with E-state index in [9.17, 15) is 4.79 Å². The molecule has 0 N–H and O–H groups in total. The highest BCUT2D eigenvalue weighted by Crippen LogP contribution is 2.30. The molecule has 2 heterocycles. The molecule has 0 amide bonds. The summed E-state index contributed by atoms with van der Waals surface area (Å²) in [6, 6.07) is 10.2. The molecule has 0 radical (unpaired) electrons. The standard InChI is InChI=1S/C16H13BrN2OS/c1-11-4-2-3-5-12(11)7-19-8-13(9-20)16(18-19)15-6-14(17)10-21-15/h2-6,8-10H,7H2,1H3. The van der Waals surface area contributed by atoms with Crippen LogP contribution in [0.1, 0.15) is 21.5 Å². The van der Waals surface area contributed by atoms with Crippen LogP contribution in [-0.4, -0.2) is 16.1 Å². The molecular formula is C16H13BrN2OS. The fourth-order valence-electron chi connectivity index (χ4n) is 2.19. The molecule has 21 heavy (non-hydrogen) atoms. The van der Waals surface area contributed by atoms with Gasteiger partial charge in [-0.2, -0.15) is 5.10 Å². The fourth-order valence-corrected chi connectivity index (χ4v) is 3.63. The first-order valence-corrected chi connectivity index (χ1v) is 8.16. The molecule has 0 bridgehead atoms. The third kappa shape index (κ3) is 2.99. The van der Waals surface area contributed by atoms with E-state index in [2.05, 4.69) is 40.1 Å². The average Bonchev–Trinajstić information content (AvgIpc) is 3.07. The molecule has 3 aromatic rings. The van der Waals surface area contributed by atoms with Gasteiger partial charge in [0.15, 0.2) is 6.29 Å². The summed E-state index contributed by atoms with van der Waals surface area (Å²) in [6.45, 7) is 2.75. The lowest BCUT2D eigenvalue weighted by Crippen LogP contribution is -2.01. The highest BCUT2D eigenvalue weighted by Gasteiger charge is 2.13. The van der Waals surface area contributed by atoms with E-state index >= 15 is 0 Å². The van der Waals surface area contributed by atoms with Crippen LogP contribution >= 0.6 is 27.3 Å². The molecule has 0 aliphatic carbocycles.